The quantitative estimate of drug-likeness (QED) is 0.542. The third kappa shape index (κ3) is 6.04. The topological polar surface area (TPSA) is 87.7 Å². The van der Waals surface area contributed by atoms with Gasteiger partial charge in [0.05, 0.1) is 31.5 Å². The van der Waals surface area contributed by atoms with E-state index in [1.54, 1.807) is 0 Å². The lowest BCUT2D eigenvalue weighted by Gasteiger charge is -2.16. The zero-order chi connectivity index (χ0) is 21.6. The Morgan fingerprint density at radius 3 is 2.07 bits per heavy atom. The summed E-state index contributed by atoms with van der Waals surface area (Å²) in [6.07, 6.45) is 0. The minimum Gasteiger partial charge on any atom is -0.465 e. The molecule has 0 bridgehead atoms. The Hall–Kier alpha value is -3.40. The molecule has 0 aromatic heterocycles. The van der Waals surface area contributed by atoms with Crippen LogP contribution in [0.15, 0.2) is 36.4 Å². The summed E-state index contributed by atoms with van der Waals surface area (Å²) in [5, 5.41) is 4.70. The number of hydrogen-bond acceptors (Lipinski definition) is 5. The van der Waals surface area contributed by atoms with E-state index in [2.05, 4.69) is 15.4 Å². The Bertz CT molecular complexity index is 920. The van der Waals surface area contributed by atoms with Gasteiger partial charge >= 0.3 is 5.97 Å². The molecule has 2 rings (SSSR count). The lowest BCUT2D eigenvalue weighted by Crippen LogP contribution is -2.36. The van der Waals surface area contributed by atoms with E-state index in [0.29, 0.717) is 17.3 Å². The highest BCUT2D eigenvalue weighted by Gasteiger charge is 2.17. The average Bonchev–Trinajstić information content (AvgIpc) is 2.68. The van der Waals surface area contributed by atoms with Crippen LogP contribution in [0, 0.1) is 17.5 Å². The molecule has 0 aliphatic carbocycles. The Morgan fingerprint density at radius 1 is 0.897 bits per heavy atom. The number of nitrogens with one attached hydrogen (secondary N) is 2. The van der Waals surface area contributed by atoms with Gasteiger partial charge in [0, 0.05) is 5.69 Å². The second-order valence-electron chi connectivity index (χ2n) is 6.06. The van der Waals surface area contributed by atoms with Crippen LogP contribution in [0.1, 0.15) is 10.4 Å². The number of nitrogens with zero attached hydrogens (tertiary/aromatic N) is 1. The van der Waals surface area contributed by atoms with Crippen LogP contribution in [-0.4, -0.2) is 49.9 Å². The number of ether oxygens (including phenoxy) is 1. The van der Waals surface area contributed by atoms with Crippen LogP contribution in [0.3, 0.4) is 0 Å². The van der Waals surface area contributed by atoms with Crippen molar-refractivity contribution in [3.8, 4) is 0 Å². The molecule has 0 saturated heterocycles. The molecule has 10 heteroatoms. The summed E-state index contributed by atoms with van der Waals surface area (Å²) in [6, 6.07) is 7.59. The van der Waals surface area contributed by atoms with Crippen LogP contribution in [0.25, 0.3) is 0 Å². The van der Waals surface area contributed by atoms with E-state index in [4.69, 9.17) is 0 Å². The van der Waals surface area contributed by atoms with Gasteiger partial charge in [0.1, 0.15) is 0 Å². The van der Waals surface area contributed by atoms with Crippen LogP contribution in [-0.2, 0) is 14.3 Å². The van der Waals surface area contributed by atoms with Crippen LogP contribution in [0.5, 0.6) is 0 Å². The van der Waals surface area contributed by atoms with E-state index in [1.165, 1.54) is 43.3 Å². The highest BCUT2D eigenvalue weighted by molar-refractivity contribution is 5.95. The van der Waals surface area contributed by atoms with Crippen molar-refractivity contribution in [1.82, 2.24) is 4.90 Å². The summed E-state index contributed by atoms with van der Waals surface area (Å²) in [4.78, 5) is 36.7. The summed E-state index contributed by atoms with van der Waals surface area (Å²) in [7, 11) is 2.73. The van der Waals surface area contributed by atoms with E-state index >= 15 is 0 Å². The summed E-state index contributed by atoms with van der Waals surface area (Å²) in [5.41, 5.74) is 0.255. The SMILES string of the molecule is COC(=O)c1ccc(NC(=O)CN(C)CC(=O)Nc2ccc(F)c(F)c2F)cc1. The molecule has 2 amide bonds. The fraction of sp³-hybridized carbons (Fsp3) is 0.211. The fourth-order valence-corrected chi connectivity index (χ4v) is 2.37. The van der Waals surface area contributed by atoms with Gasteiger partial charge in [0.2, 0.25) is 11.8 Å². The van der Waals surface area contributed by atoms with Crippen molar-refractivity contribution in [3.63, 3.8) is 0 Å². The molecule has 0 aliphatic rings. The van der Waals surface area contributed by atoms with Gasteiger partial charge in [-0.1, -0.05) is 0 Å². The summed E-state index contributed by atoms with van der Waals surface area (Å²) in [6.45, 7) is -0.473. The molecule has 0 aliphatic heterocycles. The fourth-order valence-electron chi connectivity index (χ4n) is 2.37. The van der Waals surface area contributed by atoms with E-state index < -0.39 is 40.9 Å². The number of rotatable bonds is 7. The third-order valence-corrected chi connectivity index (χ3v) is 3.73. The molecule has 0 spiro atoms. The number of likely N-dealkylation sites (N-methyl/N-ethyl adjacent to an activating group) is 1. The van der Waals surface area contributed by atoms with Gasteiger partial charge in [-0.2, -0.15) is 0 Å². The smallest absolute Gasteiger partial charge is 0.337 e. The van der Waals surface area contributed by atoms with Crippen LogP contribution < -0.4 is 10.6 Å². The van der Waals surface area contributed by atoms with E-state index in [0.717, 1.165) is 6.07 Å². The lowest BCUT2D eigenvalue weighted by atomic mass is 10.2. The number of esters is 1. The van der Waals surface area contributed by atoms with E-state index in [1.807, 2.05) is 0 Å². The first-order valence-corrected chi connectivity index (χ1v) is 8.31. The number of carbonyl (C=O) groups is 3. The van der Waals surface area contributed by atoms with E-state index in [-0.39, 0.29) is 13.1 Å². The summed E-state index contributed by atoms with van der Waals surface area (Å²) < 4.78 is 44.2. The monoisotopic (exact) mass is 409 g/mol. The summed E-state index contributed by atoms with van der Waals surface area (Å²) in [5.74, 6) is -6.22. The number of halogens is 3. The molecule has 0 fully saturated rings. The van der Waals surface area contributed by atoms with Gasteiger partial charge < -0.3 is 15.4 Å². The van der Waals surface area contributed by atoms with Crippen molar-refractivity contribution < 1.29 is 32.3 Å². The first-order valence-electron chi connectivity index (χ1n) is 8.31. The van der Waals surface area contributed by atoms with Gasteiger partial charge in [-0.05, 0) is 43.4 Å². The molecule has 29 heavy (non-hydrogen) atoms. The first-order chi connectivity index (χ1) is 13.7. The van der Waals surface area contributed by atoms with Crippen molar-refractivity contribution in [3.05, 3.63) is 59.4 Å². The molecule has 2 aromatic rings. The maximum Gasteiger partial charge on any atom is 0.337 e. The maximum atomic E-state index is 13.6. The molecular formula is C19H18F3N3O4. The van der Waals surface area contributed by atoms with Crippen molar-refractivity contribution in [1.29, 1.82) is 0 Å². The molecule has 2 N–H and O–H groups in total. The zero-order valence-electron chi connectivity index (χ0n) is 15.6. The van der Waals surface area contributed by atoms with Gasteiger partial charge in [0.15, 0.2) is 17.5 Å². The normalized spacial score (nSPS) is 10.6. The zero-order valence-corrected chi connectivity index (χ0v) is 15.6. The van der Waals surface area contributed by atoms with Crippen molar-refractivity contribution >= 4 is 29.2 Å². The average molecular weight is 409 g/mol. The van der Waals surface area contributed by atoms with Crippen molar-refractivity contribution in [2.75, 3.05) is 37.9 Å². The highest BCUT2D eigenvalue weighted by Crippen LogP contribution is 2.19. The van der Waals surface area contributed by atoms with Gasteiger partial charge in [-0.3, -0.25) is 14.5 Å². The number of carbonyl (C=O) groups excluding carboxylic acids is 3. The minimum absolute atomic E-state index is 0.174. The maximum absolute atomic E-state index is 13.6. The van der Waals surface area contributed by atoms with Crippen LogP contribution >= 0.6 is 0 Å². The predicted molar refractivity (Wildman–Crippen MR) is 98.9 cm³/mol. The number of benzene rings is 2. The molecule has 0 unspecified atom stereocenters. The first kappa shape index (κ1) is 21.9. The van der Waals surface area contributed by atoms with Crippen molar-refractivity contribution in [2.24, 2.45) is 0 Å². The van der Waals surface area contributed by atoms with E-state index in [9.17, 15) is 27.6 Å². The predicted octanol–water partition coefficient (Wildman–Crippen LogP) is 2.40. The van der Waals surface area contributed by atoms with Crippen LogP contribution in [0.2, 0.25) is 0 Å². The Morgan fingerprint density at radius 2 is 1.48 bits per heavy atom. The Balaban J connectivity index is 1.86. The largest absolute Gasteiger partial charge is 0.465 e. The molecule has 0 heterocycles. The number of anilines is 2. The number of methoxy groups -OCH3 is 1. The Labute approximate surface area is 164 Å². The second kappa shape index (κ2) is 9.69. The highest BCUT2D eigenvalue weighted by atomic mass is 19.2. The molecule has 7 nitrogen and oxygen atoms in total. The van der Waals surface area contributed by atoms with Gasteiger partial charge in [-0.25, -0.2) is 18.0 Å². The Kier molecular flexibility index (Phi) is 7.32. The minimum atomic E-state index is -1.69. The molecule has 0 saturated carbocycles. The van der Waals surface area contributed by atoms with Gasteiger partial charge in [0.25, 0.3) is 0 Å². The number of hydrogen-bond donors (Lipinski definition) is 2. The number of amides is 2. The van der Waals surface area contributed by atoms with Crippen LogP contribution in [0.4, 0.5) is 24.5 Å². The standard InChI is InChI=1S/C19H18F3N3O4/c1-25(10-16(27)24-14-8-7-13(20)17(21)18(14)22)9-15(26)23-12-5-3-11(4-6-12)19(28)29-2/h3-8H,9-10H2,1-2H3,(H,23,26)(H,24,27). The summed E-state index contributed by atoms with van der Waals surface area (Å²) >= 11 is 0. The molecule has 0 radical (unpaired) electrons. The molecule has 2 aromatic carbocycles. The molecule has 154 valence electrons. The van der Waals surface area contributed by atoms with Crippen molar-refractivity contribution in [2.45, 2.75) is 0 Å². The molecular weight excluding hydrogens is 391 g/mol. The second-order valence-corrected chi connectivity index (χ2v) is 6.06. The third-order valence-electron chi connectivity index (χ3n) is 3.73. The molecule has 0 atom stereocenters. The lowest BCUT2D eigenvalue weighted by molar-refractivity contribution is -0.119. The van der Waals surface area contributed by atoms with Gasteiger partial charge in [-0.15, -0.1) is 0 Å².